The molecule has 0 radical (unpaired) electrons. The van der Waals surface area contributed by atoms with Crippen molar-refractivity contribution >= 4 is 33.4 Å². The van der Waals surface area contributed by atoms with Crippen LogP contribution in [0.25, 0.3) is 21.8 Å². The van der Waals surface area contributed by atoms with Crippen molar-refractivity contribution < 1.29 is 4.79 Å². The molecule has 0 fully saturated rings. The molecule has 1 N–H and O–H groups in total. The number of carbonyl (C=O) groups is 1. The van der Waals surface area contributed by atoms with Crippen LogP contribution in [0.2, 0.25) is 0 Å². The average molecular weight is 261 g/mol. The van der Waals surface area contributed by atoms with Crippen LogP contribution >= 0.6 is 0 Å². The Morgan fingerprint density at radius 2 is 1.90 bits per heavy atom. The Hall–Kier alpha value is -2.93. The van der Waals surface area contributed by atoms with Crippen LogP contribution in [0.1, 0.15) is 6.42 Å². The molecule has 3 rings (SSSR count). The number of rotatable bonds is 2. The van der Waals surface area contributed by atoms with Gasteiger partial charge in [0.1, 0.15) is 6.42 Å². The van der Waals surface area contributed by atoms with E-state index in [-0.39, 0.29) is 12.3 Å². The number of benzene rings is 2. The molecule has 0 atom stereocenters. The van der Waals surface area contributed by atoms with E-state index in [1.54, 1.807) is 6.07 Å². The van der Waals surface area contributed by atoms with Crippen molar-refractivity contribution in [2.75, 3.05) is 5.32 Å². The molecule has 1 amide bonds. The van der Waals surface area contributed by atoms with Crippen molar-refractivity contribution in [2.24, 2.45) is 0 Å². The van der Waals surface area contributed by atoms with Gasteiger partial charge in [0.25, 0.3) is 0 Å². The molecule has 1 aromatic heterocycles. The van der Waals surface area contributed by atoms with E-state index in [1.807, 2.05) is 48.5 Å². The van der Waals surface area contributed by atoms with Crippen LogP contribution in [-0.2, 0) is 4.79 Å². The highest BCUT2D eigenvalue weighted by Gasteiger charge is 2.04. The molecule has 4 nitrogen and oxygen atoms in total. The maximum Gasteiger partial charge on any atom is 0.238 e. The second kappa shape index (κ2) is 4.98. The lowest BCUT2D eigenvalue weighted by atomic mass is 10.1. The van der Waals surface area contributed by atoms with E-state index < -0.39 is 0 Å². The van der Waals surface area contributed by atoms with Gasteiger partial charge in [0.05, 0.1) is 17.1 Å². The first-order chi connectivity index (χ1) is 9.76. The number of anilines is 1. The number of para-hydroxylation sites is 1. The summed E-state index contributed by atoms with van der Waals surface area (Å²) in [5.41, 5.74) is 2.50. The highest BCUT2D eigenvalue weighted by molar-refractivity contribution is 5.97. The smallest absolute Gasteiger partial charge is 0.238 e. The van der Waals surface area contributed by atoms with Crippen molar-refractivity contribution in [3.63, 3.8) is 0 Å². The van der Waals surface area contributed by atoms with Crippen LogP contribution in [0, 0.1) is 11.3 Å². The summed E-state index contributed by atoms with van der Waals surface area (Å²) in [6.45, 7) is 0. The van der Waals surface area contributed by atoms with Crippen LogP contribution in [-0.4, -0.2) is 10.9 Å². The molecule has 2 aromatic carbocycles. The number of aromatic nitrogens is 1. The number of nitrogens with one attached hydrogen (secondary N) is 1. The molecule has 1 heterocycles. The molecule has 0 aliphatic carbocycles. The number of hydrogen-bond donors (Lipinski definition) is 1. The van der Waals surface area contributed by atoms with Gasteiger partial charge in [0.2, 0.25) is 5.91 Å². The normalized spacial score (nSPS) is 10.3. The zero-order chi connectivity index (χ0) is 13.9. The first-order valence-corrected chi connectivity index (χ1v) is 6.22. The van der Waals surface area contributed by atoms with E-state index in [0.717, 1.165) is 21.8 Å². The van der Waals surface area contributed by atoms with Crippen molar-refractivity contribution in [1.82, 2.24) is 4.98 Å². The Kier molecular flexibility index (Phi) is 3.02. The van der Waals surface area contributed by atoms with Gasteiger partial charge in [-0.1, -0.05) is 18.2 Å². The number of amides is 1. The van der Waals surface area contributed by atoms with E-state index in [9.17, 15) is 4.79 Å². The van der Waals surface area contributed by atoms with E-state index in [2.05, 4.69) is 10.3 Å². The van der Waals surface area contributed by atoms with E-state index in [1.165, 1.54) is 0 Å². The highest BCUT2D eigenvalue weighted by atomic mass is 16.1. The van der Waals surface area contributed by atoms with Gasteiger partial charge in [0.15, 0.2) is 0 Å². The van der Waals surface area contributed by atoms with Crippen molar-refractivity contribution in [1.29, 1.82) is 5.26 Å². The summed E-state index contributed by atoms with van der Waals surface area (Å²) >= 11 is 0. The number of nitriles is 1. The highest BCUT2D eigenvalue weighted by Crippen LogP contribution is 2.22. The molecule has 0 saturated carbocycles. The molecule has 0 saturated heterocycles. The molecule has 0 aliphatic heterocycles. The van der Waals surface area contributed by atoms with Crippen LogP contribution in [0.3, 0.4) is 0 Å². The van der Waals surface area contributed by atoms with Crippen LogP contribution in [0.5, 0.6) is 0 Å². The molecule has 0 spiro atoms. The van der Waals surface area contributed by atoms with E-state index >= 15 is 0 Å². The number of nitrogens with zero attached hydrogens (tertiary/aromatic N) is 2. The molecular weight excluding hydrogens is 250 g/mol. The SMILES string of the molecule is N#CCC(=O)Nc1ccc2nc3ccccc3cc2c1. The lowest BCUT2D eigenvalue weighted by molar-refractivity contribution is -0.115. The second-order valence-corrected chi connectivity index (χ2v) is 4.47. The molecular formula is C16H11N3O. The average Bonchev–Trinajstić information content (AvgIpc) is 2.45. The van der Waals surface area contributed by atoms with Crippen molar-refractivity contribution in [2.45, 2.75) is 6.42 Å². The van der Waals surface area contributed by atoms with Gasteiger partial charge in [-0.05, 0) is 30.3 Å². The topological polar surface area (TPSA) is 65.8 Å². The fraction of sp³-hybridized carbons (Fsp3) is 0.0625. The minimum absolute atomic E-state index is 0.145. The maximum absolute atomic E-state index is 11.4. The quantitative estimate of drug-likeness (QED) is 0.720. The number of hydrogen-bond acceptors (Lipinski definition) is 3. The maximum atomic E-state index is 11.4. The van der Waals surface area contributed by atoms with Gasteiger partial charge in [0, 0.05) is 16.5 Å². The Morgan fingerprint density at radius 3 is 2.75 bits per heavy atom. The summed E-state index contributed by atoms with van der Waals surface area (Å²) in [5.74, 6) is -0.305. The molecule has 3 aromatic rings. The summed E-state index contributed by atoms with van der Waals surface area (Å²) in [6, 6.07) is 17.3. The molecule has 0 unspecified atom stereocenters. The van der Waals surface area contributed by atoms with Crippen LogP contribution < -0.4 is 5.32 Å². The van der Waals surface area contributed by atoms with Gasteiger partial charge in [-0.3, -0.25) is 4.79 Å². The van der Waals surface area contributed by atoms with Gasteiger partial charge in [-0.15, -0.1) is 0 Å². The lowest BCUT2D eigenvalue weighted by Crippen LogP contribution is -2.09. The summed E-state index contributed by atoms with van der Waals surface area (Å²) < 4.78 is 0. The molecule has 20 heavy (non-hydrogen) atoms. The summed E-state index contributed by atoms with van der Waals surface area (Å²) in [7, 11) is 0. The largest absolute Gasteiger partial charge is 0.325 e. The fourth-order valence-corrected chi connectivity index (χ4v) is 2.14. The Morgan fingerprint density at radius 1 is 1.10 bits per heavy atom. The zero-order valence-electron chi connectivity index (χ0n) is 10.6. The standard InChI is InChI=1S/C16H11N3O/c17-8-7-16(20)18-13-5-6-15-12(10-13)9-11-3-1-2-4-14(11)19-15/h1-6,9-10H,7H2,(H,18,20). The summed E-state index contributed by atoms with van der Waals surface area (Å²) in [4.78, 5) is 16.0. The van der Waals surface area contributed by atoms with E-state index in [0.29, 0.717) is 5.69 Å². The predicted octanol–water partition coefficient (Wildman–Crippen LogP) is 3.24. The fourth-order valence-electron chi connectivity index (χ4n) is 2.14. The van der Waals surface area contributed by atoms with Gasteiger partial charge < -0.3 is 5.32 Å². The Bertz CT molecular complexity index is 849. The van der Waals surface area contributed by atoms with Crippen LogP contribution in [0.4, 0.5) is 5.69 Å². The van der Waals surface area contributed by atoms with Crippen LogP contribution in [0.15, 0.2) is 48.5 Å². The zero-order valence-corrected chi connectivity index (χ0v) is 10.6. The van der Waals surface area contributed by atoms with Gasteiger partial charge in [-0.2, -0.15) is 5.26 Å². The van der Waals surface area contributed by atoms with Gasteiger partial charge in [-0.25, -0.2) is 4.98 Å². The molecule has 96 valence electrons. The molecule has 0 bridgehead atoms. The second-order valence-electron chi connectivity index (χ2n) is 4.47. The predicted molar refractivity (Wildman–Crippen MR) is 78.1 cm³/mol. The van der Waals surface area contributed by atoms with Crippen molar-refractivity contribution in [3.8, 4) is 6.07 Å². The van der Waals surface area contributed by atoms with Gasteiger partial charge >= 0.3 is 0 Å². The lowest BCUT2D eigenvalue weighted by Gasteiger charge is -2.06. The molecule has 4 heteroatoms. The summed E-state index contributed by atoms with van der Waals surface area (Å²) in [5, 5.41) is 13.2. The minimum Gasteiger partial charge on any atom is -0.325 e. The monoisotopic (exact) mass is 261 g/mol. The Balaban J connectivity index is 2.04. The third-order valence-electron chi connectivity index (χ3n) is 3.04. The molecule has 0 aliphatic rings. The van der Waals surface area contributed by atoms with E-state index in [4.69, 9.17) is 5.26 Å². The van der Waals surface area contributed by atoms with Crippen molar-refractivity contribution in [3.05, 3.63) is 48.5 Å². The third kappa shape index (κ3) is 2.29. The Labute approximate surface area is 115 Å². The number of carbonyl (C=O) groups excluding carboxylic acids is 1. The summed E-state index contributed by atoms with van der Waals surface area (Å²) in [6.07, 6.45) is -0.145. The third-order valence-corrected chi connectivity index (χ3v) is 3.04. The first-order valence-electron chi connectivity index (χ1n) is 6.22. The first kappa shape index (κ1) is 12.1. The number of pyridine rings is 1. The number of fused-ring (bicyclic) bond motifs is 2. The minimum atomic E-state index is -0.305.